The van der Waals surface area contributed by atoms with Gasteiger partial charge in [-0.25, -0.2) is 4.98 Å². The summed E-state index contributed by atoms with van der Waals surface area (Å²) in [5.41, 5.74) is 6.08. The summed E-state index contributed by atoms with van der Waals surface area (Å²) in [6.45, 7) is 6.74. The molecule has 0 unspecified atom stereocenters. The van der Waals surface area contributed by atoms with Crippen LogP contribution in [-0.2, 0) is 17.9 Å². The van der Waals surface area contributed by atoms with Crippen LogP contribution in [0.2, 0.25) is 0 Å². The number of nitrogens with two attached hydrogens (primary N) is 1. The van der Waals surface area contributed by atoms with Crippen LogP contribution >= 0.6 is 0 Å². The highest BCUT2D eigenvalue weighted by molar-refractivity contribution is 5.76. The van der Waals surface area contributed by atoms with E-state index in [1.54, 1.807) is 17.1 Å². The first-order valence-electron chi connectivity index (χ1n) is 5.48. The number of carbonyl (C=O) groups is 1. The number of imidazole rings is 1. The Balaban J connectivity index is 2.51. The van der Waals surface area contributed by atoms with Gasteiger partial charge in [-0.15, -0.1) is 0 Å². The zero-order valence-corrected chi connectivity index (χ0v) is 10.2. The molecule has 0 aliphatic carbocycles. The second kappa shape index (κ2) is 5.12. The first-order chi connectivity index (χ1) is 7.46. The van der Waals surface area contributed by atoms with Gasteiger partial charge in [0.2, 0.25) is 5.91 Å². The van der Waals surface area contributed by atoms with Crippen molar-refractivity contribution in [1.29, 1.82) is 0 Å². The van der Waals surface area contributed by atoms with Gasteiger partial charge in [0.25, 0.3) is 0 Å². The molecule has 1 rings (SSSR count). The maximum Gasteiger partial charge on any atom is 0.240 e. The average Bonchev–Trinajstić information content (AvgIpc) is 2.64. The molecule has 0 aromatic carbocycles. The molecule has 1 aromatic rings. The first-order valence-corrected chi connectivity index (χ1v) is 5.48. The van der Waals surface area contributed by atoms with Gasteiger partial charge in [-0.1, -0.05) is 6.92 Å². The van der Waals surface area contributed by atoms with Crippen LogP contribution in [-0.4, -0.2) is 21.0 Å². The number of hydrogen-bond acceptors (Lipinski definition) is 3. The zero-order valence-electron chi connectivity index (χ0n) is 10.2. The maximum absolute atomic E-state index is 11.7. The quantitative estimate of drug-likeness (QED) is 0.771. The summed E-state index contributed by atoms with van der Waals surface area (Å²) in [5, 5.41) is 2.96. The number of rotatable bonds is 5. The van der Waals surface area contributed by atoms with Crippen molar-refractivity contribution in [2.75, 3.05) is 0 Å². The molecule has 0 fully saturated rings. The third-order valence-corrected chi connectivity index (χ3v) is 2.58. The van der Waals surface area contributed by atoms with Crippen LogP contribution in [0.5, 0.6) is 0 Å². The molecule has 16 heavy (non-hydrogen) atoms. The molecule has 1 amide bonds. The van der Waals surface area contributed by atoms with Gasteiger partial charge in [-0.3, -0.25) is 4.79 Å². The minimum atomic E-state index is -0.158. The van der Waals surface area contributed by atoms with Gasteiger partial charge in [0, 0.05) is 18.3 Å². The lowest BCUT2D eigenvalue weighted by Gasteiger charge is -2.24. The molecule has 1 aromatic heterocycles. The van der Waals surface area contributed by atoms with Crippen LogP contribution in [0, 0.1) is 0 Å². The van der Waals surface area contributed by atoms with E-state index in [1.165, 1.54) is 0 Å². The topological polar surface area (TPSA) is 72.9 Å². The number of hydrogen-bond donors (Lipinski definition) is 2. The molecule has 90 valence electrons. The van der Waals surface area contributed by atoms with E-state index < -0.39 is 0 Å². The summed E-state index contributed by atoms with van der Waals surface area (Å²) >= 11 is 0. The minimum Gasteiger partial charge on any atom is -0.350 e. The highest BCUT2D eigenvalue weighted by atomic mass is 16.2. The highest BCUT2D eigenvalue weighted by Gasteiger charge is 2.17. The normalized spacial score (nSPS) is 11.5. The Hall–Kier alpha value is -1.36. The van der Waals surface area contributed by atoms with Crippen LogP contribution in [0.15, 0.2) is 12.5 Å². The Morgan fingerprint density at radius 1 is 1.62 bits per heavy atom. The van der Waals surface area contributed by atoms with E-state index in [0.717, 1.165) is 12.1 Å². The molecule has 0 saturated carbocycles. The molecule has 0 bridgehead atoms. The number of amides is 1. The van der Waals surface area contributed by atoms with Crippen molar-refractivity contribution in [2.24, 2.45) is 5.73 Å². The predicted octanol–water partition coefficient (Wildman–Crippen LogP) is 0.647. The van der Waals surface area contributed by atoms with E-state index in [9.17, 15) is 4.79 Å². The number of nitrogens with one attached hydrogen (secondary N) is 1. The van der Waals surface area contributed by atoms with Gasteiger partial charge >= 0.3 is 0 Å². The van der Waals surface area contributed by atoms with Crippen molar-refractivity contribution in [3.8, 4) is 0 Å². The summed E-state index contributed by atoms with van der Waals surface area (Å²) in [7, 11) is 0. The standard InChI is InChI=1S/C11H20N4O/c1-4-11(2,3)14-10(16)7-15-6-9(5-12)13-8-15/h6,8H,4-5,7,12H2,1-3H3,(H,14,16). The second-order valence-electron chi connectivity index (χ2n) is 4.53. The maximum atomic E-state index is 11.7. The van der Waals surface area contributed by atoms with Gasteiger partial charge in [-0.05, 0) is 20.3 Å². The molecule has 0 aliphatic heterocycles. The van der Waals surface area contributed by atoms with E-state index in [-0.39, 0.29) is 18.0 Å². The van der Waals surface area contributed by atoms with Crippen molar-refractivity contribution in [2.45, 2.75) is 45.8 Å². The lowest BCUT2D eigenvalue weighted by molar-refractivity contribution is -0.123. The third kappa shape index (κ3) is 3.66. The summed E-state index contributed by atoms with van der Waals surface area (Å²) in [6.07, 6.45) is 4.32. The third-order valence-electron chi connectivity index (χ3n) is 2.58. The summed E-state index contributed by atoms with van der Waals surface area (Å²) in [4.78, 5) is 15.8. The Kier molecular flexibility index (Phi) is 4.06. The van der Waals surface area contributed by atoms with E-state index in [2.05, 4.69) is 10.3 Å². The van der Waals surface area contributed by atoms with Gasteiger partial charge < -0.3 is 15.6 Å². The van der Waals surface area contributed by atoms with Gasteiger partial charge in [-0.2, -0.15) is 0 Å². The Bertz CT molecular complexity index is 357. The molecular weight excluding hydrogens is 204 g/mol. The van der Waals surface area contributed by atoms with Gasteiger partial charge in [0.05, 0.1) is 12.0 Å². The monoisotopic (exact) mass is 224 g/mol. The van der Waals surface area contributed by atoms with E-state index >= 15 is 0 Å². The van der Waals surface area contributed by atoms with Crippen molar-refractivity contribution >= 4 is 5.91 Å². The summed E-state index contributed by atoms with van der Waals surface area (Å²) < 4.78 is 1.74. The summed E-state index contributed by atoms with van der Waals surface area (Å²) in [5.74, 6) is -0.00665. The van der Waals surface area contributed by atoms with Crippen molar-refractivity contribution < 1.29 is 4.79 Å². The molecule has 5 nitrogen and oxygen atoms in total. The summed E-state index contributed by atoms with van der Waals surface area (Å²) in [6, 6.07) is 0. The van der Waals surface area contributed by atoms with E-state index in [0.29, 0.717) is 6.54 Å². The molecule has 0 spiro atoms. The average molecular weight is 224 g/mol. The number of nitrogens with zero attached hydrogens (tertiary/aromatic N) is 2. The molecule has 0 radical (unpaired) electrons. The highest BCUT2D eigenvalue weighted by Crippen LogP contribution is 2.06. The molecule has 0 saturated heterocycles. The first kappa shape index (κ1) is 12.7. The molecule has 0 atom stereocenters. The fourth-order valence-corrected chi connectivity index (χ4v) is 1.27. The van der Waals surface area contributed by atoms with Crippen LogP contribution in [0.4, 0.5) is 0 Å². The van der Waals surface area contributed by atoms with Crippen molar-refractivity contribution in [3.63, 3.8) is 0 Å². The SMILES string of the molecule is CCC(C)(C)NC(=O)Cn1cnc(CN)c1. The number of carbonyl (C=O) groups excluding carboxylic acids is 1. The van der Waals surface area contributed by atoms with E-state index in [1.807, 2.05) is 20.8 Å². The van der Waals surface area contributed by atoms with Crippen LogP contribution in [0.25, 0.3) is 0 Å². The Labute approximate surface area is 96.0 Å². The molecule has 0 aliphatic rings. The van der Waals surface area contributed by atoms with Crippen LogP contribution in [0.3, 0.4) is 0 Å². The van der Waals surface area contributed by atoms with Crippen LogP contribution < -0.4 is 11.1 Å². The molecule has 1 heterocycles. The van der Waals surface area contributed by atoms with Crippen molar-refractivity contribution in [3.05, 3.63) is 18.2 Å². The predicted molar refractivity (Wildman–Crippen MR) is 62.6 cm³/mol. The molecule has 5 heteroatoms. The fourth-order valence-electron chi connectivity index (χ4n) is 1.27. The zero-order chi connectivity index (χ0) is 12.2. The Morgan fingerprint density at radius 3 is 2.81 bits per heavy atom. The molecular formula is C11H20N4O. The van der Waals surface area contributed by atoms with Crippen molar-refractivity contribution in [1.82, 2.24) is 14.9 Å². The fraction of sp³-hybridized carbons (Fsp3) is 0.636. The van der Waals surface area contributed by atoms with Crippen LogP contribution in [0.1, 0.15) is 32.9 Å². The molecule has 3 N–H and O–H groups in total. The van der Waals surface area contributed by atoms with Gasteiger partial charge in [0.15, 0.2) is 0 Å². The lowest BCUT2D eigenvalue weighted by Crippen LogP contribution is -2.44. The Morgan fingerprint density at radius 2 is 2.31 bits per heavy atom. The number of aromatic nitrogens is 2. The minimum absolute atomic E-state index is 0.00665. The largest absolute Gasteiger partial charge is 0.350 e. The van der Waals surface area contributed by atoms with Gasteiger partial charge in [0.1, 0.15) is 6.54 Å². The van der Waals surface area contributed by atoms with E-state index in [4.69, 9.17) is 5.73 Å². The smallest absolute Gasteiger partial charge is 0.240 e. The second-order valence-corrected chi connectivity index (χ2v) is 4.53. The lowest BCUT2D eigenvalue weighted by atomic mass is 10.0.